The van der Waals surface area contributed by atoms with Crippen LogP contribution in [0.4, 0.5) is 8.78 Å². The van der Waals surface area contributed by atoms with Gasteiger partial charge in [-0.2, -0.15) is 5.10 Å². The summed E-state index contributed by atoms with van der Waals surface area (Å²) in [5.74, 6) is 0.225. The Morgan fingerprint density at radius 1 is 1.26 bits per heavy atom. The Labute approximate surface area is 155 Å². The molecule has 0 bridgehead atoms. The maximum atomic E-state index is 13.6. The Bertz CT molecular complexity index is 971. The van der Waals surface area contributed by atoms with E-state index in [1.165, 1.54) is 12.3 Å². The van der Waals surface area contributed by atoms with Crippen molar-refractivity contribution < 1.29 is 13.6 Å². The summed E-state index contributed by atoms with van der Waals surface area (Å²) < 4.78 is 28.3. The molecule has 1 aliphatic rings. The third kappa shape index (κ3) is 3.29. The fourth-order valence-electron chi connectivity index (χ4n) is 3.59. The molecule has 3 aromatic rings. The molecule has 140 valence electrons. The van der Waals surface area contributed by atoms with E-state index in [1.807, 2.05) is 18.2 Å². The lowest BCUT2D eigenvalue weighted by atomic mass is 10.00. The highest BCUT2D eigenvalue weighted by atomic mass is 19.3. The zero-order valence-corrected chi connectivity index (χ0v) is 15.0. The van der Waals surface area contributed by atoms with E-state index in [0.29, 0.717) is 30.3 Å². The average molecular weight is 370 g/mol. The van der Waals surface area contributed by atoms with Crippen LogP contribution in [-0.2, 0) is 0 Å². The van der Waals surface area contributed by atoms with Gasteiger partial charge >= 0.3 is 0 Å². The molecule has 3 heterocycles. The molecular weight excluding hydrogens is 350 g/mol. The predicted molar refractivity (Wildman–Crippen MR) is 97.7 cm³/mol. The van der Waals surface area contributed by atoms with E-state index in [4.69, 9.17) is 0 Å². The Kier molecular flexibility index (Phi) is 4.59. The number of carbonyl (C=O) groups excluding carboxylic acids is 1. The Hall–Kier alpha value is -2.83. The van der Waals surface area contributed by atoms with Crippen LogP contribution in [0.25, 0.3) is 16.9 Å². The highest BCUT2D eigenvalue weighted by Gasteiger charge is 2.27. The summed E-state index contributed by atoms with van der Waals surface area (Å²) in [4.78, 5) is 19.3. The minimum Gasteiger partial charge on any atom is -0.338 e. The van der Waals surface area contributed by atoms with E-state index in [2.05, 4.69) is 17.0 Å². The van der Waals surface area contributed by atoms with Gasteiger partial charge in [0.15, 0.2) is 5.65 Å². The van der Waals surface area contributed by atoms with E-state index in [-0.39, 0.29) is 22.8 Å². The molecule has 4 rings (SSSR count). The van der Waals surface area contributed by atoms with Gasteiger partial charge in [0.05, 0.1) is 11.9 Å². The number of amides is 1. The minimum atomic E-state index is -2.73. The van der Waals surface area contributed by atoms with Gasteiger partial charge in [-0.3, -0.25) is 4.79 Å². The number of likely N-dealkylation sites (tertiary alicyclic amines) is 1. The summed E-state index contributed by atoms with van der Waals surface area (Å²) in [5, 5.41) is 4.04. The molecular formula is C20H20F2N4O. The number of rotatable bonds is 3. The predicted octanol–water partition coefficient (Wildman–Crippen LogP) is 4.21. The molecule has 1 aliphatic heterocycles. The molecule has 0 saturated carbocycles. The second-order valence-electron chi connectivity index (χ2n) is 7.03. The third-order valence-corrected chi connectivity index (χ3v) is 4.97. The number of hydrogen-bond acceptors (Lipinski definition) is 3. The number of carbonyl (C=O) groups is 1. The number of aromatic nitrogens is 3. The quantitative estimate of drug-likeness (QED) is 0.694. The van der Waals surface area contributed by atoms with Crippen molar-refractivity contribution >= 4 is 11.6 Å². The van der Waals surface area contributed by atoms with Gasteiger partial charge in [0.1, 0.15) is 11.3 Å². The Morgan fingerprint density at radius 3 is 2.74 bits per heavy atom. The molecule has 2 aromatic heterocycles. The molecule has 1 atom stereocenters. The fourth-order valence-corrected chi connectivity index (χ4v) is 3.59. The smallest absolute Gasteiger partial charge is 0.280 e. The molecule has 7 heteroatoms. The van der Waals surface area contributed by atoms with Crippen LogP contribution in [0.2, 0.25) is 0 Å². The zero-order valence-electron chi connectivity index (χ0n) is 15.0. The van der Waals surface area contributed by atoms with Crippen LogP contribution < -0.4 is 0 Å². The minimum absolute atomic E-state index is 0.176. The van der Waals surface area contributed by atoms with Gasteiger partial charge in [0.2, 0.25) is 0 Å². The molecule has 0 spiro atoms. The number of fused-ring (bicyclic) bond motifs is 1. The van der Waals surface area contributed by atoms with E-state index < -0.39 is 6.43 Å². The van der Waals surface area contributed by atoms with Crippen LogP contribution in [-0.4, -0.2) is 38.5 Å². The lowest BCUT2D eigenvalue weighted by molar-refractivity contribution is 0.0684. The molecule has 0 N–H and O–H groups in total. The Morgan fingerprint density at radius 2 is 2.04 bits per heavy atom. The van der Waals surface area contributed by atoms with Gasteiger partial charge in [0.25, 0.3) is 12.3 Å². The van der Waals surface area contributed by atoms with Crippen LogP contribution in [0, 0.1) is 5.92 Å². The number of alkyl halides is 2. The second-order valence-corrected chi connectivity index (χ2v) is 7.03. The third-order valence-electron chi connectivity index (χ3n) is 4.97. The van der Waals surface area contributed by atoms with Gasteiger partial charge < -0.3 is 4.90 Å². The van der Waals surface area contributed by atoms with Crippen molar-refractivity contribution in [1.29, 1.82) is 0 Å². The van der Waals surface area contributed by atoms with Crippen molar-refractivity contribution in [2.24, 2.45) is 5.92 Å². The standard InChI is InChI=1S/C20H20F2N4O/c1-13-6-5-9-25(12-13)20(27)15-11-23-26-17(18(21)22)10-16(24-19(15)26)14-7-3-2-4-8-14/h2-4,7-8,10-11,13,18H,5-6,9,12H2,1H3. The SMILES string of the molecule is CC1CCCN(C(=O)c2cnn3c(C(F)F)cc(-c4ccccc4)nc23)C1. The van der Waals surface area contributed by atoms with Crippen LogP contribution in [0.5, 0.6) is 0 Å². The lowest BCUT2D eigenvalue weighted by Crippen LogP contribution is -2.39. The molecule has 0 aliphatic carbocycles. The van der Waals surface area contributed by atoms with Gasteiger partial charge in [-0.15, -0.1) is 0 Å². The van der Waals surface area contributed by atoms with Crippen molar-refractivity contribution in [2.45, 2.75) is 26.2 Å². The first-order valence-electron chi connectivity index (χ1n) is 9.06. The van der Waals surface area contributed by atoms with Crippen molar-refractivity contribution in [2.75, 3.05) is 13.1 Å². The number of benzene rings is 1. The number of nitrogens with zero attached hydrogens (tertiary/aromatic N) is 4. The molecule has 1 aromatic carbocycles. The van der Waals surface area contributed by atoms with Gasteiger partial charge in [-0.25, -0.2) is 18.3 Å². The highest BCUT2D eigenvalue weighted by Crippen LogP contribution is 2.27. The van der Waals surface area contributed by atoms with Crippen LogP contribution in [0.1, 0.15) is 42.2 Å². The molecule has 0 radical (unpaired) electrons. The van der Waals surface area contributed by atoms with Crippen molar-refractivity contribution in [3.05, 3.63) is 53.9 Å². The van der Waals surface area contributed by atoms with E-state index in [9.17, 15) is 13.6 Å². The van der Waals surface area contributed by atoms with E-state index in [1.54, 1.807) is 17.0 Å². The van der Waals surface area contributed by atoms with Crippen LogP contribution >= 0.6 is 0 Å². The molecule has 1 fully saturated rings. The molecule has 1 unspecified atom stereocenters. The van der Waals surface area contributed by atoms with Gasteiger partial charge in [-0.05, 0) is 24.8 Å². The normalized spacial score (nSPS) is 17.6. The first kappa shape index (κ1) is 17.6. The van der Waals surface area contributed by atoms with E-state index in [0.717, 1.165) is 17.4 Å². The second kappa shape index (κ2) is 7.06. The maximum Gasteiger partial charge on any atom is 0.280 e. The molecule has 1 amide bonds. The van der Waals surface area contributed by atoms with Crippen molar-refractivity contribution in [3.8, 4) is 11.3 Å². The molecule has 5 nitrogen and oxygen atoms in total. The summed E-state index contributed by atoms with van der Waals surface area (Å²) in [6.45, 7) is 3.44. The van der Waals surface area contributed by atoms with Crippen molar-refractivity contribution in [1.82, 2.24) is 19.5 Å². The average Bonchev–Trinajstić information content (AvgIpc) is 3.11. The summed E-state index contributed by atoms with van der Waals surface area (Å²) >= 11 is 0. The Balaban J connectivity index is 1.83. The maximum absolute atomic E-state index is 13.6. The molecule has 27 heavy (non-hydrogen) atoms. The van der Waals surface area contributed by atoms with Crippen LogP contribution in [0.3, 0.4) is 0 Å². The van der Waals surface area contributed by atoms with Crippen LogP contribution in [0.15, 0.2) is 42.6 Å². The topological polar surface area (TPSA) is 50.5 Å². The fraction of sp³-hybridized carbons (Fsp3) is 0.350. The van der Waals surface area contributed by atoms with Gasteiger partial charge in [-0.1, -0.05) is 37.3 Å². The highest BCUT2D eigenvalue weighted by molar-refractivity contribution is 6.00. The summed E-state index contributed by atoms with van der Waals surface area (Å²) in [6.07, 6.45) is 0.655. The summed E-state index contributed by atoms with van der Waals surface area (Å²) in [5.41, 5.74) is 1.29. The number of hydrogen-bond donors (Lipinski definition) is 0. The summed E-state index contributed by atoms with van der Waals surface area (Å²) in [7, 11) is 0. The van der Waals surface area contributed by atoms with Crippen molar-refractivity contribution in [3.63, 3.8) is 0 Å². The van der Waals surface area contributed by atoms with Gasteiger partial charge in [0, 0.05) is 18.7 Å². The molecule has 1 saturated heterocycles. The first-order valence-corrected chi connectivity index (χ1v) is 9.06. The lowest BCUT2D eigenvalue weighted by Gasteiger charge is -2.30. The largest absolute Gasteiger partial charge is 0.338 e. The first-order chi connectivity index (χ1) is 13.0. The number of halogens is 2. The summed E-state index contributed by atoms with van der Waals surface area (Å²) in [6, 6.07) is 10.4. The zero-order chi connectivity index (χ0) is 19.0. The monoisotopic (exact) mass is 370 g/mol. The number of piperidine rings is 1. The van der Waals surface area contributed by atoms with E-state index >= 15 is 0 Å².